The predicted molar refractivity (Wildman–Crippen MR) is 165 cm³/mol. The maximum absolute atomic E-state index is 14.8. The number of anilines is 1. The van der Waals surface area contributed by atoms with Crippen LogP contribution in [-0.2, 0) is 23.9 Å². The van der Waals surface area contributed by atoms with Crippen LogP contribution in [0, 0.1) is 17.8 Å². The Hall–Kier alpha value is -4.76. The van der Waals surface area contributed by atoms with Crippen molar-refractivity contribution in [2.24, 2.45) is 22.9 Å². The molecule has 0 aromatic heterocycles. The topological polar surface area (TPSA) is 118 Å². The van der Waals surface area contributed by atoms with Crippen LogP contribution in [0.2, 0.25) is 0 Å². The third-order valence-electron chi connectivity index (χ3n) is 8.68. The number of esters is 2. The molecule has 6 atom stereocenters. The van der Waals surface area contributed by atoms with Crippen LogP contribution >= 0.6 is 0 Å². The number of para-hydroxylation sites is 1. The number of carbonyl (C=O) groups excluding carboxylic acids is 3. The normalized spacial score (nSPS) is 26.0. The molecule has 0 radical (unpaired) electrons. The van der Waals surface area contributed by atoms with Gasteiger partial charge in [0.05, 0.1) is 36.8 Å². The summed E-state index contributed by atoms with van der Waals surface area (Å²) in [6.07, 6.45) is -0.449. The van der Waals surface area contributed by atoms with Crippen LogP contribution in [0.3, 0.4) is 0 Å². The number of fused-ring (bicyclic) bond motifs is 2. The van der Waals surface area contributed by atoms with Crippen molar-refractivity contribution >= 4 is 29.1 Å². The number of ketones is 1. The van der Waals surface area contributed by atoms with Crippen molar-refractivity contribution < 1.29 is 29.0 Å². The molecule has 0 spiro atoms. The van der Waals surface area contributed by atoms with E-state index in [-0.39, 0.29) is 19.0 Å². The number of carbonyl (C=O) groups is 3. The largest absolute Gasteiger partial charge is 0.508 e. The van der Waals surface area contributed by atoms with Crippen molar-refractivity contribution in [2.45, 2.75) is 38.9 Å². The zero-order valence-electron chi connectivity index (χ0n) is 24.8. The number of benzene rings is 3. The molecule has 0 fully saturated rings. The Morgan fingerprint density at radius 1 is 0.841 bits per heavy atom. The van der Waals surface area contributed by atoms with Gasteiger partial charge in [0.2, 0.25) is 0 Å². The summed E-state index contributed by atoms with van der Waals surface area (Å²) in [6.45, 7) is 5.55. The van der Waals surface area contributed by atoms with E-state index in [0.717, 1.165) is 11.4 Å². The highest BCUT2D eigenvalue weighted by Gasteiger charge is 2.59. The molecule has 0 unspecified atom stereocenters. The second-order valence-corrected chi connectivity index (χ2v) is 11.2. The first kappa shape index (κ1) is 29.3. The maximum atomic E-state index is 14.8. The molecule has 0 amide bonds. The lowest BCUT2D eigenvalue weighted by Crippen LogP contribution is -2.57. The first-order valence-electron chi connectivity index (χ1n) is 15.0. The second-order valence-electron chi connectivity index (χ2n) is 11.2. The summed E-state index contributed by atoms with van der Waals surface area (Å²) >= 11 is 0. The second kappa shape index (κ2) is 12.1. The van der Waals surface area contributed by atoms with Crippen LogP contribution in [0.1, 0.15) is 43.9 Å². The van der Waals surface area contributed by atoms with Crippen molar-refractivity contribution in [3.05, 3.63) is 107 Å². The first-order valence-corrected chi connectivity index (χ1v) is 15.0. The molecular formula is C35H35N3O6. The van der Waals surface area contributed by atoms with E-state index >= 15 is 0 Å². The molecule has 9 nitrogen and oxygen atoms in total. The first-order chi connectivity index (χ1) is 21.3. The summed E-state index contributed by atoms with van der Waals surface area (Å²) in [5, 5.41) is 20.5. The van der Waals surface area contributed by atoms with Gasteiger partial charge in [0.25, 0.3) is 0 Å². The maximum Gasteiger partial charge on any atom is 0.317 e. The third-order valence-corrected chi connectivity index (χ3v) is 8.68. The van der Waals surface area contributed by atoms with E-state index in [0.29, 0.717) is 22.3 Å². The van der Waals surface area contributed by atoms with Crippen LogP contribution in [0.5, 0.6) is 5.75 Å². The molecule has 3 aromatic rings. The molecule has 2 aliphatic heterocycles. The quantitative estimate of drug-likeness (QED) is 0.294. The summed E-state index contributed by atoms with van der Waals surface area (Å²) in [5.74, 6) is -5.06. The van der Waals surface area contributed by atoms with E-state index in [1.165, 1.54) is 0 Å². The van der Waals surface area contributed by atoms with Gasteiger partial charge in [-0.25, -0.2) is 5.01 Å². The number of ether oxygens (including phenoxy) is 2. The minimum Gasteiger partial charge on any atom is -0.508 e. The molecule has 6 rings (SSSR count). The number of nitrogens with one attached hydrogen (secondary N) is 1. The van der Waals surface area contributed by atoms with Gasteiger partial charge in [0, 0.05) is 17.2 Å². The average molecular weight is 594 g/mol. The Labute approximate surface area is 256 Å². The lowest BCUT2D eigenvalue weighted by Gasteiger charge is -2.47. The molecule has 9 heteroatoms. The summed E-state index contributed by atoms with van der Waals surface area (Å²) in [4.78, 5) is 42.7. The van der Waals surface area contributed by atoms with Crippen molar-refractivity contribution in [1.29, 1.82) is 0 Å². The number of phenols is 1. The molecule has 3 aromatic carbocycles. The number of aromatic hydroxyl groups is 1. The van der Waals surface area contributed by atoms with Gasteiger partial charge in [-0.05, 0) is 61.7 Å². The average Bonchev–Trinajstić information content (AvgIpc) is 3.37. The van der Waals surface area contributed by atoms with Crippen molar-refractivity contribution in [1.82, 2.24) is 5.32 Å². The fourth-order valence-electron chi connectivity index (χ4n) is 6.96. The van der Waals surface area contributed by atoms with E-state index in [9.17, 15) is 19.5 Å². The van der Waals surface area contributed by atoms with E-state index in [2.05, 4.69) is 5.32 Å². The number of hydrogen-bond acceptors (Lipinski definition) is 9. The lowest BCUT2D eigenvalue weighted by atomic mass is 9.59. The fraction of sp³-hybridized carbons (Fsp3) is 0.314. The molecular weight excluding hydrogens is 558 g/mol. The monoisotopic (exact) mass is 593 g/mol. The number of phenolic OH excluding ortho intramolecular Hbond substituents is 1. The standard InChI is InChI=1S/C35H35N3O6/c1-4-43-34(41)28-26(21-12-8-6-9-13-21)30(35(42)44-5-2)32(40)29-27(28)25-20(3)37-38(23-14-10-7-11-15-23)33(25)36-31(29)22-16-18-24(39)19-17-22/h6-19,25-26,28,30-31,33,36,39H,4-5H2,1-3H3/t25-,26-,28+,30-,31+,33-/m0/s1. The molecule has 226 valence electrons. The fourth-order valence-corrected chi connectivity index (χ4v) is 6.96. The Morgan fingerprint density at radius 2 is 1.43 bits per heavy atom. The minimum absolute atomic E-state index is 0.0792. The number of nitrogens with zero attached hydrogens (tertiary/aromatic N) is 2. The highest BCUT2D eigenvalue weighted by Crippen LogP contribution is 2.54. The summed E-state index contributed by atoms with van der Waals surface area (Å²) in [6, 6.07) is 24.8. The van der Waals surface area contributed by atoms with E-state index in [4.69, 9.17) is 14.6 Å². The van der Waals surface area contributed by atoms with Gasteiger partial charge in [-0.3, -0.25) is 19.7 Å². The van der Waals surface area contributed by atoms with Crippen LogP contribution in [0.15, 0.2) is 101 Å². The molecule has 2 N–H and O–H groups in total. The van der Waals surface area contributed by atoms with Crippen LogP contribution in [-0.4, -0.2) is 47.9 Å². The molecule has 3 aliphatic rings. The smallest absolute Gasteiger partial charge is 0.317 e. The number of hydrogen-bond donors (Lipinski definition) is 2. The highest BCUT2D eigenvalue weighted by atomic mass is 16.5. The van der Waals surface area contributed by atoms with Gasteiger partial charge in [0.1, 0.15) is 17.8 Å². The van der Waals surface area contributed by atoms with Crippen LogP contribution < -0.4 is 10.3 Å². The highest BCUT2D eigenvalue weighted by molar-refractivity contribution is 6.14. The molecule has 0 bridgehead atoms. The molecule has 1 aliphatic carbocycles. The summed E-state index contributed by atoms with van der Waals surface area (Å²) < 4.78 is 11.2. The van der Waals surface area contributed by atoms with Crippen molar-refractivity contribution in [3.63, 3.8) is 0 Å². The summed E-state index contributed by atoms with van der Waals surface area (Å²) in [7, 11) is 0. The van der Waals surface area contributed by atoms with Gasteiger partial charge in [-0.2, -0.15) is 5.10 Å². The van der Waals surface area contributed by atoms with Gasteiger partial charge in [-0.15, -0.1) is 0 Å². The van der Waals surface area contributed by atoms with E-state index < -0.39 is 53.6 Å². The van der Waals surface area contributed by atoms with Gasteiger partial charge >= 0.3 is 11.9 Å². The molecule has 0 saturated heterocycles. The van der Waals surface area contributed by atoms with Gasteiger partial charge < -0.3 is 14.6 Å². The van der Waals surface area contributed by atoms with Crippen molar-refractivity contribution in [3.8, 4) is 5.75 Å². The van der Waals surface area contributed by atoms with Crippen molar-refractivity contribution in [2.75, 3.05) is 18.2 Å². The van der Waals surface area contributed by atoms with Crippen LogP contribution in [0.25, 0.3) is 0 Å². The molecule has 0 saturated carbocycles. The minimum atomic E-state index is -1.27. The predicted octanol–water partition coefficient (Wildman–Crippen LogP) is 4.90. The van der Waals surface area contributed by atoms with E-state index in [1.807, 2.05) is 72.6 Å². The number of hydrazone groups is 1. The Kier molecular flexibility index (Phi) is 8.05. The zero-order valence-corrected chi connectivity index (χ0v) is 24.8. The Balaban J connectivity index is 1.63. The Morgan fingerprint density at radius 3 is 2.05 bits per heavy atom. The van der Waals surface area contributed by atoms with E-state index in [1.54, 1.807) is 38.1 Å². The number of Topliss-reactive ketones (excluding diaryl/α,β-unsaturated/α-hetero) is 1. The van der Waals surface area contributed by atoms with Gasteiger partial charge in [-0.1, -0.05) is 60.7 Å². The van der Waals surface area contributed by atoms with Gasteiger partial charge in [0.15, 0.2) is 5.78 Å². The number of rotatable bonds is 7. The third kappa shape index (κ3) is 4.97. The zero-order chi connectivity index (χ0) is 31.0. The van der Waals surface area contributed by atoms with Crippen LogP contribution in [0.4, 0.5) is 5.69 Å². The molecule has 2 heterocycles. The SMILES string of the molecule is CCOC(=O)[C@@H]1C(=O)C2=C([C@H](C(=O)OCC)[C@@H]1c1ccccc1)[C@@H]1C(C)=NN(c3ccccc3)[C@@H]1N[C@@H]2c1ccc(O)cc1. The lowest BCUT2D eigenvalue weighted by molar-refractivity contribution is -0.156. The molecule has 44 heavy (non-hydrogen) atoms. The summed E-state index contributed by atoms with van der Waals surface area (Å²) in [5.41, 5.74) is 3.88. The Bertz CT molecular complexity index is 1620.